The maximum absolute atomic E-state index is 11.9. The number of nitrogens with zero attached hydrogens (tertiary/aromatic N) is 1. The average molecular weight is 274 g/mol. The fraction of sp³-hybridized carbons (Fsp3) is 0.143. The molecule has 0 radical (unpaired) electrons. The molecule has 0 saturated carbocycles. The van der Waals surface area contributed by atoms with Gasteiger partial charge in [-0.3, -0.25) is 4.79 Å². The number of anilines is 1. The molecule has 1 aromatic carbocycles. The summed E-state index contributed by atoms with van der Waals surface area (Å²) in [7, 11) is 0. The van der Waals surface area contributed by atoms with Crippen molar-refractivity contribution in [2.45, 2.75) is 13.3 Å². The van der Waals surface area contributed by atoms with E-state index in [0.29, 0.717) is 23.4 Å². The molecule has 0 spiro atoms. The quantitative estimate of drug-likeness (QED) is 0.511. The third kappa shape index (κ3) is 3.42. The summed E-state index contributed by atoms with van der Waals surface area (Å²) in [5.41, 5.74) is 2.82. The smallest absolute Gasteiger partial charge is 0.228 e. The summed E-state index contributed by atoms with van der Waals surface area (Å²) in [5, 5.41) is 18.7. The van der Waals surface area contributed by atoms with E-state index in [2.05, 4.69) is 10.5 Å². The zero-order chi connectivity index (χ0) is 13.7. The van der Waals surface area contributed by atoms with Gasteiger partial charge < -0.3 is 10.5 Å². The molecular weight excluding hydrogens is 260 g/mol. The summed E-state index contributed by atoms with van der Waals surface area (Å²) in [6, 6.07) is 9.17. The number of hydrogen-bond donors (Lipinski definition) is 2. The Labute approximate surface area is 115 Å². The van der Waals surface area contributed by atoms with E-state index in [1.807, 2.05) is 29.0 Å². The van der Waals surface area contributed by atoms with Gasteiger partial charge in [0, 0.05) is 11.3 Å². The Balaban J connectivity index is 2.13. The zero-order valence-electron chi connectivity index (χ0n) is 10.5. The van der Waals surface area contributed by atoms with Gasteiger partial charge >= 0.3 is 0 Å². The van der Waals surface area contributed by atoms with E-state index < -0.39 is 0 Å². The second-order valence-corrected chi connectivity index (χ2v) is 4.87. The van der Waals surface area contributed by atoms with Gasteiger partial charge in [0.05, 0.1) is 12.1 Å². The zero-order valence-corrected chi connectivity index (χ0v) is 11.3. The standard InChI is InChI=1S/C14H14N2O2S/c1-10(16-18)12-4-2-3-5-13(12)15-14(17)8-11-6-7-19-9-11/h2-7,9,18H,8H2,1H3,(H,15,17)/b16-10+. The molecule has 2 rings (SSSR count). The molecule has 1 heterocycles. The second kappa shape index (κ2) is 6.15. The molecule has 2 aromatic rings. The number of carbonyl (C=O) groups is 1. The van der Waals surface area contributed by atoms with Crippen molar-refractivity contribution in [2.24, 2.45) is 5.16 Å². The van der Waals surface area contributed by atoms with Gasteiger partial charge in [0.1, 0.15) is 0 Å². The first kappa shape index (κ1) is 13.3. The van der Waals surface area contributed by atoms with Gasteiger partial charge in [-0.15, -0.1) is 0 Å². The van der Waals surface area contributed by atoms with Gasteiger partial charge in [0.2, 0.25) is 5.91 Å². The summed E-state index contributed by atoms with van der Waals surface area (Å²) in [5.74, 6) is -0.0865. The van der Waals surface area contributed by atoms with Crippen LogP contribution in [0.1, 0.15) is 18.1 Å². The number of benzene rings is 1. The largest absolute Gasteiger partial charge is 0.411 e. The van der Waals surface area contributed by atoms with Crippen LogP contribution in [0.2, 0.25) is 0 Å². The Morgan fingerprint density at radius 3 is 2.84 bits per heavy atom. The highest BCUT2D eigenvalue weighted by molar-refractivity contribution is 7.08. The molecule has 0 atom stereocenters. The number of para-hydroxylation sites is 1. The highest BCUT2D eigenvalue weighted by Crippen LogP contribution is 2.17. The molecule has 0 aliphatic carbocycles. The van der Waals surface area contributed by atoms with Gasteiger partial charge in [-0.1, -0.05) is 23.4 Å². The van der Waals surface area contributed by atoms with E-state index in [1.54, 1.807) is 30.4 Å². The Kier molecular flexibility index (Phi) is 4.30. The van der Waals surface area contributed by atoms with E-state index in [0.717, 1.165) is 5.56 Å². The predicted molar refractivity (Wildman–Crippen MR) is 77.1 cm³/mol. The van der Waals surface area contributed by atoms with Crippen LogP contribution in [0.4, 0.5) is 5.69 Å². The summed E-state index contributed by atoms with van der Waals surface area (Å²) in [4.78, 5) is 11.9. The molecule has 4 nitrogen and oxygen atoms in total. The van der Waals surface area contributed by atoms with Crippen LogP contribution in [0.5, 0.6) is 0 Å². The van der Waals surface area contributed by atoms with Crippen LogP contribution in [-0.2, 0) is 11.2 Å². The monoisotopic (exact) mass is 274 g/mol. The van der Waals surface area contributed by atoms with E-state index in [1.165, 1.54) is 0 Å². The topological polar surface area (TPSA) is 61.7 Å². The molecule has 1 amide bonds. The minimum Gasteiger partial charge on any atom is -0.411 e. The molecule has 19 heavy (non-hydrogen) atoms. The van der Waals surface area contributed by atoms with Crippen LogP contribution in [0.15, 0.2) is 46.2 Å². The second-order valence-electron chi connectivity index (χ2n) is 4.09. The maximum atomic E-state index is 11.9. The Hall–Kier alpha value is -2.14. The molecule has 0 aliphatic rings. The molecule has 0 unspecified atom stereocenters. The molecule has 1 aromatic heterocycles. The molecule has 98 valence electrons. The van der Waals surface area contributed by atoms with Gasteiger partial charge in [-0.25, -0.2) is 0 Å². The summed E-state index contributed by atoms with van der Waals surface area (Å²) in [6.45, 7) is 1.68. The molecular formula is C14H14N2O2S. The van der Waals surface area contributed by atoms with Crippen molar-refractivity contribution in [3.63, 3.8) is 0 Å². The fourth-order valence-corrected chi connectivity index (χ4v) is 2.40. The van der Waals surface area contributed by atoms with Crippen LogP contribution in [0.3, 0.4) is 0 Å². The Bertz CT molecular complexity index is 591. The Morgan fingerprint density at radius 1 is 1.37 bits per heavy atom. The predicted octanol–water partition coefficient (Wildman–Crippen LogP) is 3.13. The van der Waals surface area contributed by atoms with Crippen molar-refractivity contribution in [2.75, 3.05) is 5.32 Å². The van der Waals surface area contributed by atoms with E-state index >= 15 is 0 Å². The third-order valence-electron chi connectivity index (χ3n) is 2.69. The SMILES string of the molecule is C/C(=N\O)c1ccccc1NC(=O)Cc1ccsc1. The number of thiophene rings is 1. The van der Waals surface area contributed by atoms with Crippen molar-refractivity contribution in [1.29, 1.82) is 0 Å². The average Bonchev–Trinajstić information content (AvgIpc) is 2.91. The van der Waals surface area contributed by atoms with Crippen LogP contribution in [0.25, 0.3) is 0 Å². The van der Waals surface area contributed by atoms with Crippen molar-refractivity contribution in [3.8, 4) is 0 Å². The normalized spacial score (nSPS) is 11.3. The minimum atomic E-state index is -0.0865. The third-order valence-corrected chi connectivity index (χ3v) is 3.42. The van der Waals surface area contributed by atoms with Crippen molar-refractivity contribution < 1.29 is 10.0 Å². The molecule has 5 heteroatoms. The lowest BCUT2D eigenvalue weighted by Crippen LogP contribution is -2.16. The van der Waals surface area contributed by atoms with Crippen LogP contribution in [0, 0.1) is 0 Å². The lowest BCUT2D eigenvalue weighted by Gasteiger charge is -2.09. The summed E-state index contributed by atoms with van der Waals surface area (Å²) >= 11 is 1.57. The number of oxime groups is 1. The first-order chi connectivity index (χ1) is 9.20. The molecule has 0 bridgehead atoms. The highest BCUT2D eigenvalue weighted by atomic mass is 32.1. The van der Waals surface area contributed by atoms with Crippen LogP contribution in [-0.4, -0.2) is 16.8 Å². The van der Waals surface area contributed by atoms with E-state index in [-0.39, 0.29) is 5.91 Å². The molecule has 0 saturated heterocycles. The highest BCUT2D eigenvalue weighted by Gasteiger charge is 2.09. The Morgan fingerprint density at radius 2 is 2.16 bits per heavy atom. The van der Waals surface area contributed by atoms with Gasteiger partial charge in [-0.2, -0.15) is 11.3 Å². The van der Waals surface area contributed by atoms with E-state index in [4.69, 9.17) is 5.21 Å². The van der Waals surface area contributed by atoms with Gasteiger partial charge in [0.25, 0.3) is 0 Å². The van der Waals surface area contributed by atoms with E-state index in [9.17, 15) is 4.79 Å². The fourth-order valence-electron chi connectivity index (χ4n) is 1.73. The van der Waals surface area contributed by atoms with Gasteiger partial charge in [-0.05, 0) is 35.4 Å². The lowest BCUT2D eigenvalue weighted by molar-refractivity contribution is -0.115. The van der Waals surface area contributed by atoms with Crippen molar-refractivity contribution >= 4 is 28.6 Å². The molecule has 0 fully saturated rings. The minimum absolute atomic E-state index is 0.0865. The first-order valence-corrected chi connectivity index (χ1v) is 6.74. The number of hydrogen-bond acceptors (Lipinski definition) is 4. The number of nitrogens with one attached hydrogen (secondary N) is 1. The van der Waals surface area contributed by atoms with Crippen molar-refractivity contribution in [1.82, 2.24) is 0 Å². The first-order valence-electron chi connectivity index (χ1n) is 5.79. The lowest BCUT2D eigenvalue weighted by atomic mass is 10.1. The van der Waals surface area contributed by atoms with Gasteiger partial charge in [0.15, 0.2) is 0 Å². The number of rotatable bonds is 4. The molecule has 0 aliphatic heterocycles. The maximum Gasteiger partial charge on any atom is 0.228 e. The molecule has 2 N–H and O–H groups in total. The van der Waals surface area contributed by atoms with Crippen LogP contribution >= 0.6 is 11.3 Å². The van der Waals surface area contributed by atoms with Crippen molar-refractivity contribution in [3.05, 3.63) is 52.2 Å². The summed E-state index contributed by atoms with van der Waals surface area (Å²) in [6.07, 6.45) is 0.340. The number of carbonyl (C=O) groups excluding carboxylic acids is 1. The summed E-state index contributed by atoms with van der Waals surface area (Å²) < 4.78 is 0. The number of amides is 1. The van der Waals surface area contributed by atoms with Crippen LogP contribution < -0.4 is 5.32 Å².